The molecule has 1 aromatic rings. The molecule has 3 N–H and O–H groups in total. The summed E-state index contributed by atoms with van der Waals surface area (Å²) in [4.78, 5) is 0. The third-order valence-corrected chi connectivity index (χ3v) is 2.37. The quantitative estimate of drug-likeness (QED) is 0.451. The molecular weight excluding hydrogens is 203 g/mol. The van der Waals surface area contributed by atoms with E-state index >= 15 is 0 Å². The zero-order valence-electron chi connectivity index (χ0n) is 7.84. The second kappa shape index (κ2) is 5.96. The van der Waals surface area contributed by atoms with E-state index in [1.165, 1.54) is 12.1 Å². The molecule has 14 heavy (non-hydrogen) atoms. The van der Waals surface area contributed by atoms with Gasteiger partial charge in [0.25, 0.3) is 0 Å². The first kappa shape index (κ1) is 11.4. The molecule has 0 bridgehead atoms. The summed E-state index contributed by atoms with van der Waals surface area (Å²) in [6.07, 6.45) is 1.74. The van der Waals surface area contributed by atoms with Gasteiger partial charge >= 0.3 is 0 Å². The number of halogens is 2. The molecule has 0 saturated heterocycles. The summed E-state index contributed by atoms with van der Waals surface area (Å²) in [6, 6.07) is 6.37. The lowest BCUT2D eigenvalue weighted by Gasteiger charge is -2.15. The Hall–Kier alpha value is -0.640. The minimum atomic E-state index is -0.234. The lowest BCUT2D eigenvalue weighted by molar-refractivity contribution is 0.510. The average molecular weight is 217 g/mol. The Morgan fingerprint density at radius 2 is 2.00 bits per heavy atom. The van der Waals surface area contributed by atoms with E-state index in [4.69, 9.17) is 17.4 Å². The normalized spacial score (nSPS) is 12.8. The highest BCUT2D eigenvalue weighted by Gasteiger charge is 2.08. The van der Waals surface area contributed by atoms with Crippen molar-refractivity contribution in [1.82, 2.24) is 5.43 Å². The third kappa shape index (κ3) is 3.25. The summed E-state index contributed by atoms with van der Waals surface area (Å²) < 4.78 is 12.6. The van der Waals surface area contributed by atoms with Crippen LogP contribution in [0.3, 0.4) is 0 Å². The lowest BCUT2D eigenvalue weighted by atomic mass is 10.0. The van der Waals surface area contributed by atoms with Gasteiger partial charge in [0, 0.05) is 11.9 Å². The van der Waals surface area contributed by atoms with Gasteiger partial charge in [0.05, 0.1) is 0 Å². The van der Waals surface area contributed by atoms with Crippen molar-refractivity contribution < 1.29 is 4.39 Å². The van der Waals surface area contributed by atoms with Crippen LogP contribution in [0.4, 0.5) is 4.39 Å². The van der Waals surface area contributed by atoms with E-state index in [2.05, 4.69) is 5.43 Å². The zero-order valence-corrected chi connectivity index (χ0v) is 8.60. The molecule has 0 amide bonds. The predicted octanol–water partition coefficient (Wildman–Crippen LogP) is 2.35. The summed E-state index contributed by atoms with van der Waals surface area (Å²) in [5.41, 5.74) is 3.68. The van der Waals surface area contributed by atoms with Crippen molar-refractivity contribution >= 4 is 11.6 Å². The fourth-order valence-electron chi connectivity index (χ4n) is 1.32. The van der Waals surface area contributed by atoms with E-state index < -0.39 is 0 Å². The molecule has 1 rings (SSSR count). The van der Waals surface area contributed by atoms with Crippen molar-refractivity contribution in [2.45, 2.75) is 18.9 Å². The highest BCUT2D eigenvalue weighted by atomic mass is 35.5. The molecule has 0 aromatic heterocycles. The fourth-order valence-corrected chi connectivity index (χ4v) is 1.48. The smallest absolute Gasteiger partial charge is 0.123 e. The molecule has 0 aliphatic carbocycles. The second-order valence-electron chi connectivity index (χ2n) is 3.10. The predicted molar refractivity (Wildman–Crippen MR) is 56.4 cm³/mol. The number of nitrogens with two attached hydrogens (primary N) is 1. The van der Waals surface area contributed by atoms with Crippen LogP contribution in [0, 0.1) is 5.82 Å². The molecule has 0 heterocycles. The van der Waals surface area contributed by atoms with Crippen LogP contribution in [-0.4, -0.2) is 5.88 Å². The SMILES string of the molecule is NNC(CCCCl)c1ccc(F)cc1. The molecule has 1 atom stereocenters. The summed E-state index contributed by atoms with van der Waals surface area (Å²) >= 11 is 5.59. The van der Waals surface area contributed by atoms with Gasteiger partial charge in [-0.15, -0.1) is 11.6 Å². The highest BCUT2D eigenvalue weighted by molar-refractivity contribution is 6.17. The van der Waals surface area contributed by atoms with Crippen LogP contribution < -0.4 is 11.3 Å². The number of hydrazine groups is 1. The highest BCUT2D eigenvalue weighted by Crippen LogP contribution is 2.18. The Morgan fingerprint density at radius 1 is 1.36 bits per heavy atom. The monoisotopic (exact) mass is 216 g/mol. The van der Waals surface area contributed by atoms with E-state index in [0.29, 0.717) is 5.88 Å². The van der Waals surface area contributed by atoms with E-state index in [9.17, 15) is 4.39 Å². The van der Waals surface area contributed by atoms with Crippen LogP contribution in [0.2, 0.25) is 0 Å². The van der Waals surface area contributed by atoms with Gasteiger partial charge < -0.3 is 0 Å². The molecule has 0 saturated carbocycles. The van der Waals surface area contributed by atoms with Gasteiger partial charge in [0.1, 0.15) is 5.82 Å². The van der Waals surface area contributed by atoms with Gasteiger partial charge in [0.15, 0.2) is 0 Å². The van der Waals surface area contributed by atoms with Gasteiger partial charge in [-0.25, -0.2) is 4.39 Å². The Bertz CT molecular complexity index is 263. The molecule has 0 fully saturated rings. The van der Waals surface area contributed by atoms with Gasteiger partial charge in [-0.1, -0.05) is 12.1 Å². The van der Waals surface area contributed by atoms with Crippen LogP contribution in [0.25, 0.3) is 0 Å². The molecule has 4 heteroatoms. The Morgan fingerprint density at radius 3 is 2.50 bits per heavy atom. The lowest BCUT2D eigenvalue weighted by Crippen LogP contribution is -2.28. The van der Waals surface area contributed by atoms with E-state index in [1.807, 2.05) is 0 Å². The maximum Gasteiger partial charge on any atom is 0.123 e. The maximum atomic E-state index is 12.6. The Labute approximate surface area is 88.2 Å². The molecule has 1 aromatic carbocycles. The van der Waals surface area contributed by atoms with Crippen LogP contribution in [0.15, 0.2) is 24.3 Å². The van der Waals surface area contributed by atoms with Gasteiger partial charge in [-0.3, -0.25) is 11.3 Å². The minimum Gasteiger partial charge on any atom is -0.271 e. The Kier molecular flexibility index (Phi) is 4.87. The standard InChI is InChI=1S/C10H14ClFN2/c11-7-1-2-10(14-13)8-3-5-9(12)6-4-8/h3-6,10,14H,1-2,7,13H2. The summed E-state index contributed by atoms with van der Waals surface area (Å²) in [6.45, 7) is 0. The topological polar surface area (TPSA) is 38.0 Å². The molecular formula is C10H14ClFN2. The fraction of sp³-hybridized carbons (Fsp3) is 0.400. The largest absolute Gasteiger partial charge is 0.271 e. The number of benzene rings is 1. The molecule has 2 nitrogen and oxygen atoms in total. The van der Waals surface area contributed by atoms with Gasteiger partial charge in [-0.05, 0) is 30.5 Å². The van der Waals surface area contributed by atoms with Crippen molar-refractivity contribution in [3.8, 4) is 0 Å². The van der Waals surface area contributed by atoms with Crippen molar-refractivity contribution in [3.05, 3.63) is 35.6 Å². The molecule has 0 radical (unpaired) electrons. The van der Waals surface area contributed by atoms with Gasteiger partial charge in [-0.2, -0.15) is 0 Å². The van der Waals surface area contributed by atoms with E-state index in [-0.39, 0.29) is 11.9 Å². The summed E-state index contributed by atoms with van der Waals surface area (Å²) in [7, 11) is 0. The third-order valence-electron chi connectivity index (χ3n) is 2.10. The summed E-state index contributed by atoms with van der Waals surface area (Å²) in [5, 5.41) is 0. The Balaban J connectivity index is 2.64. The number of nitrogens with one attached hydrogen (secondary N) is 1. The molecule has 0 spiro atoms. The first-order valence-electron chi connectivity index (χ1n) is 4.55. The van der Waals surface area contributed by atoms with Crippen LogP contribution in [0.1, 0.15) is 24.4 Å². The van der Waals surface area contributed by atoms with Crippen molar-refractivity contribution in [2.24, 2.45) is 5.84 Å². The molecule has 0 aliphatic rings. The maximum absolute atomic E-state index is 12.6. The van der Waals surface area contributed by atoms with Crippen molar-refractivity contribution in [3.63, 3.8) is 0 Å². The molecule has 0 aliphatic heterocycles. The number of hydrogen-bond acceptors (Lipinski definition) is 2. The first-order chi connectivity index (χ1) is 6.77. The average Bonchev–Trinajstić information content (AvgIpc) is 2.21. The summed E-state index contributed by atoms with van der Waals surface area (Å²) in [5.74, 6) is 5.77. The van der Waals surface area contributed by atoms with Crippen LogP contribution in [-0.2, 0) is 0 Å². The van der Waals surface area contributed by atoms with Crippen molar-refractivity contribution in [1.29, 1.82) is 0 Å². The second-order valence-corrected chi connectivity index (χ2v) is 3.48. The number of rotatable bonds is 5. The van der Waals surface area contributed by atoms with Crippen LogP contribution >= 0.6 is 11.6 Å². The van der Waals surface area contributed by atoms with Gasteiger partial charge in [0.2, 0.25) is 0 Å². The number of alkyl halides is 1. The van der Waals surface area contributed by atoms with Crippen molar-refractivity contribution in [2.75, 3.05) is 5.88 Å². The number of hydrogen-bond donors (Lipinski definition) is 2. The van der Waals surface area contributed by atoms with Crippen LogP contribution in [0.5, 0.6) is 0 Å². The van der Waals surface area contributed by atoms with E-state index in [1.54, 1.807) is 12.1 Å². The molecule has 1 unspecified atom stereocenters. The van der Waals surface area contributed by atoms with E-state index in [0.717, 1.165) is 18.4 Å². The minimum absolute atomic E-state index is 0.0503. The zero-order chi connectivity index (χ0) is 10.4. The molecule has 78 valence electrons. The first-order valence-corrected chi connectivity index (χ1v) is 5.09.